The predicted octanol–water partition coefficient (Wildman–Crippen LogP) is 3.31. The Morgan fingerprint density at radius 2 is 1.63 bits per heavy atom. The van der Waals surface area contributed by atoms with Crippen LogP contribution in [0.3, 0.4) is 0 Å². The molecule has 0 atom stereocenters. The van der Waals surface area contributed by atoms with E-state index in [1.165, 1.54) is 24.3 Å². The Morgan fingerprint density at radius 3 is 2.33 bits per heavy atom. The Balaban J connectivity index is 1.98. The number of rotatable bonds is 7. The molecule has 3 N–H and O–H groups in total. The van der Waals surface area contributed by atoms with Crippen LogP contribution in [0, 0.1) is 0 Å². The first-order chi connectivity index (χ1) is 12.8. The molecule has 0 fully saturated rings. The molecule has 0 spiro atoms. The lowest BCUT2D eigenvalue weighted by Crippen LogP contribution is -2.23. The van der Waals surface area contributed by atoms with Crippen LogP contribution in [0.5, 0.6) is 5.75 Å². The van der Waals surface area contributed by atoms with Crippen molar-refractivity contribution in [3.63, 3.8) is 0 Å². The lowest BCUT2D eigenvalue weighted by molar-refractivity contribution is -0.120. The summed E-state index contributed by atoms with van der Waals surface area (Å²) in [6.45, 7) is -0.986. The lowest BCUT2D eigenvalue weighted by Gasteiger charge is -2.11. The highest BCUT2D eigenvalue weighted by Gasteiger charge is 2.16. The summed E-state index contributed by atoms with van der Waals surface area (Å²) in [6.07, 6.45) is 0. The number of amides is 2. The minimum absolute atomic E-state index is 0.0409. The van der Waals surface area contributed by atoms with Gasteiger partial charge in [-0.05, 0) is 24.3 Å². The minimum atomic E-state index is -0.814. The first kappa shape index (κ1) is 20.8. The molecule has 0 saturated heterocycles. The van der Waals surface area contributed by atoms with Crippen LogP contribution in [0.4, 0.5) is 5.69 Å². The van der Waals surface area contributed by atoms with Crippen molar-refractivity contribution < 1.29 is 23.9 Å². The molecule has 0 saturated carbocycles. The van der Waals surface area contributed by atoms with E-state index in [-0.39, 0.29) is 32.1 Å². The van der Waals surface area contributed by atoms with Gasteiger partial charge in [0.15, 0.2) is 13.2 Å². The second-order valence-corrected chi connectivity index (χ2v) is 6.34. The average Bonchev–Trinajstić information content (AvgIpc) is 2.62. The Labute approximate surface area is 169 Å². The zero-order chi connectivity index (χ0) is 20.0. The zero-order valence-electron chi connectivity index (χ0n) is 13.6. The summed E-state index contributed by atoms with van der Waals surface area (Å²) < 4.78 is 10.1. The summed E-state index contributed by atoms with van der Waals surface area (Å²) in [6, 6.07) is 8.81. The molecule has 0 aliphatic heterocycles. The number of halogens is 3. The summed E-state index contributed by atoms with van der Waals surface area (Å²) in [5.74, 6) is -2.05. The highest BCUT2D eigenvalue weighted by Crippen LogP contribution is 2.32. The van der Waals surface area contributed by atoms with Crippen LogP contribution in [0.1, 0.15) is 10.4 Å². The van der Waals surface area contributed by atoms with Gasteiger partial charge in [0.2, 0.25) is 0 Å². The lowest BCUT2D eigenvalue weighted by atomic mass is 10.2. The molecule has 2 rings (SSSR count). The third-order valence-corrected chi connectivity index (χ3v) is 4.13. The van der Waals surface area contributed by atoms with Gasteiger partial charge < -0.3 is 20.5 Å². The molecule has 0 aliphatic carbocycles. The van der Waals surface area contributed by atoms with Gasteiger partial charge in [0.05, 0.1) is 20.8 Å². The van der Waals surface area contributed by atoms with Gasteiger partial charge in [-0.2, -0.15) is 0 Å². The predicted molar refractivity (Wildman–Crippen MR) is 102 cm³/mol. The van der Waals surface area contributed by atoms with Gasteiger partial charge in [0, 0.05) is 0 Å². The molecule has 0 aliphatic rings. The Morgan fingerprint density at radius 1 is 0.963 bits per heavy atom. The van der Waals surface area contributed by atoms with Crippen molar-refractivity contribution in [2.24, 2.45) is 5.73 Å². The first-order valence-electron chi connectivity index (χ1n) is 7.39. The largest absolute Gasteiger partial charge is 0.483 e. The fourth-order valence-electron chi connectivity index (χ4n) is 1.92. The molecule has 2 amide bonds. The van der Waals surface area contributed by atoms with Crippen LogP contribution in [0.2, 0.25) is 15.1 Å². The second kappa shape index (κ2) is 9.45. The van der Waals surface area contributed by atoms with Gasteiger partial charge in [0.25, 0.3) is 11.8 Å². The quantitative estimate of drug-likeness (QED) is 0.516. The average molecular weight is 432 g/mol. The smallest absolute Gasteiger partial charge is 0.342 e. The number of carbonyl (C=O) groups is 3. The molecule has 0 radical (unpaired) electrons. The Bertz CT molecular complexity index is 889. The number of nitrogens with one attached hydrogen (secondary N) is 1. The molecule has 0 aromatic heterocycles. The number of anilines is 1. The van der Waals surface area contributed by atoms with Crippen LogP contribution in [0.15, 0.2) is 36.4 Å². The number of nitrogens with two attached hydrogens (primary N) is 1. The van der Waals surface area contributed by atoms with E-state index >= 15 is 0 Å². The van der Waals surface area contributed by atoms with Gasteiger partial charge >= 0.3 is 5.97 Å². The number of para-hydroxylation sites is 1. The van der Waals surface area contributed by atoms with Gasteiger partial charge in [-0.25, -0.2) is 4.79 Å². The summed E-state index contributed by atoms with van der Waals surface area (Å²) >= 11 is 17.7. The monoisotopic (exact) mass is 430 g/mol. The van der Waals surface area contributed by atoms with E-state index in [4.69, 9.17) is 50.0 Å². The van der Waals surface area contributed by atoms with Crippen molar-refractivity contribution in [1.82, 2.24) is 0 Å². The molecule has 0 bridgehead atoms. The standard InChI is InChI=1S/C17H13Cl3N2O5/c18-10-5-12(20)13(6-11(10)19)22-16(24)8-27-17(25)9-3-1-2-4-14(9)26-7-15(21)23/h1-6H,7-8H2,(H2,21,23)(H,22,24). The fourth-order valence-corrected chi connectivity index (χ4v) is 2.52. The molecule has 7 nitrogen and oxygen atoms in total. The molecule has 0 heterocycles. The van der Waals surface area contributed by atoms with Gasteiger partial charge in [-0.15, -0.1) is 0 Å². The number of benzene rings is 2. The van der Waals surface area contributed by atoms with Crippen molar-refractivity contribution in [2.45, 2.75) is 0 Å². The van der Waals surface area contributed by atoms with Crippen LogP contribution in [-0.2, 0) is 14.3 Å². The van der Waals surface area contributed by atoms with Crippen molar-refractivity contribution in [1.29, 1.82) is 0 Å². The maximum Gasteiger partial charge on any atom is 0.342 e. The number of carbonyl (C=O) groups excluding carboxylic acids is 3. The van der Waals surface area contributed by atoms with E-state index in [1.54, 1.807) is 12.1 Å². The van der Waals surface area contributed by atoms with Crippen LogP contribution < -0.4 is 15.8 Å². The SMILES string of the molecule is NC(=O)COc1ccccc1C(=O)OCC(=O)Nc1cc(Cl)c(Cl)cc1Cl. The number of primary amides is 1. The third kappa shape index (κ3) is 6.02. The molecular formula is C17H13Cl3N2O5. The normalized spacial score (nSPS) is 10.2. The van der Waals surface area contributed by atoms with Crippen LogP contribution in [-0.4, -0.2) is 31.0 Å². The van der Waals surface area contributed by atoms with E-state index < -0.39 is 31.0 Å². The second-order valence-electron chi connectivity index (χ2n) is 5.12. The highest BCUT2D eigenvalue weighted by atomic mass is 35.5. The third-order valence-electron chi connectivity index (χ3n) is 3.10. The highest BCUT2D eigenvalue weighted by molar-refractivity contribution is 6.44. The number of hydrogen-bond acceptors (Lipinski definition) is 5. The van der Waals surface area contributed by atoms with E-state index in [1.807, 2.05) is 0 Å². The van der Waals surface area contributed by atoms with Crippen molar-refractivity contribution in [2.75, 3.05) is 18.5 Å². The topological polar surface area (TPSA) is 108 Å². The summed E-state index contributed by atoms with van der Waals surface area (Å²) in [5.41, 5.74) is 5.27. The van der Waals surface area contributed by atoms with Crippen LogP contribution in [0.25, 0.3) is 0 Å². The molecule has 2 aromatic carbocycles. The molecule has 27 heavy (non-hydrogen) atoms. The Kier molecular flexibility index (Phi) is 7.29. The molecule has 0 unspecified atom stereocenters. The number of ether oxygens (including phenoxy) is 2. The van der Waals surface area contributed by atoms with Crippen molar-refractivity contribution in [3.8, 4) is 5.75 Å². The fraction of sp³-hybridized carbons (Fsp3) is 0.118. The summed E-state index contributed by atoms with van der Waals surface area (Å²) in [4.78, 5) is 35.0. The maximum atomic E-state index is 12.2. The zero-order valence-corrected chi connectivity index (χ0v) is 15.9. The molecule has 2 aromatic rings. The van der Waals surface area contributed by atoms with E-state index in [2.05, 4.69) is 5.32 Å². The molecule has 142 valence electrons. The van der Waals surface area contributed by atoms with Gasteiger partial charge in [0.1, 0.15) is 11.3 Å². The number of hydrogen-bond donors (Lipinski definition) is 2. The first-order valence-corrected chi connectivity index (χ1v) is 8.53. The number of esters is 1. The van der Waals surface area contributed by atoms with E-state index in [0.717, 1.165) is 0 Å². The molecular weight excluding hydrogens is 419 g/mol. The minimum Gasteiger partial charge on any atom is -0.483 e. The summed E-state index contributed by atoms with van der Waals surface area (Å²) in [5, 5.41) is 3.07. The van der Waals surface area contributed by atoms with Crippen molar-refractivity contribution in [3.05, 3.63) is 57.0 Å². The van der Waals surface area contributed by atoms with Gasteiger partial charge in [-0.3, -0.25) is 9.59 Å². The Hall–Kier alpha value is -2.48. The summed E-state index contributed by atoms with van der Waals surface area (Å²) in [7, 11) is 0. The van der Waals surface area contributed by atoms with E-state index in [9.17, 15) is 14.4 Å². The maximum absolute atomic E-state index is 12.2. The molecule has 10 heteroatoms. The van der Waals surface area contributed by atoms with E-state index in [0.29, 0.717) is 0 Å². The van der Waals surface area contributed by atoms with Crippen molar-refractivity contribution >= 4 is 58.3 Å². The van der Waals surface area contributed by atoms with Gasteiger partial charge in [-0.1, -0.05) is 46.9 Å². The van der Waals surface area contributed by atoms with Crippen LogP contribution >= 0.6 is 34.8 Å².